The first-order valence-electron chi connectivity index (χ1n) is 2.40. The number of halogens is 1. The number of rotatable bonds is 1. The van der Waals surface area contributed by atoms with Crippen molar-refractivity contribution < 1.29 is 5.11 Å². The van der Waals surface area contributed by atoms with E-state index in [-0.39, 0.29) is 6.61 Å². The average molecular weight is 189 g/mol. The maximum atomic E-state index is 8.54. The number of aliphatic hydroxyl groups is 1. The summed E-state index contributed by atoms with van der Waals surface area (Å²) in [7, 11) is 0. The molecule has 4 heteroatoms. The molecule has 0 spiro atoms. The van der Waals surface area contributed by atoms with Crippen LogP contribution in [-0.2, 0) is 6.61 Å². The first kappa shape index (κ1) is 6.64. The van der Waals surface area contributed by atoms with Gasteiger partial charge in [0, 0.05) is 0 Å². The molecule has 0 radical (unpaired) electrons. The summed E-state index contributed by atoms with van der Waals surface area (Å²) in [6.07, 6.45) is 3.09. The van der Waals surface area contributed by atoms with Crippen LogP contribution in [0.3, 0.4) is 0 Å². The van der Waals surface area contributed by atoms with Gasteiger partial charge in [0.2, 0.25) is 0 Å². The molecule has 1 aromatic rings. The van der Waals surface area contributed by atoms with Crippen LogP contribution in [0.25, 0.3) is 0 Å². The Hall–Kier alpha value is -0.480. The van der Waals surface area contributed by atoms with Crippen molar-refractivity contribution in [3.63, 3.8) is 0 Å². The van der Waals surface area contributed by atoms with Gasteiger partial charge < -0.3 is 5.11 Å². The van der Waals surface area contributed by atoms with Gasteiger partial charge in [0.1, 0.15) is 4.60 Å². The van der Waals surface area contributed by atoms with Crippen molar-refractivity contribution in [3.05, 3.63) is 22.7 Å². The van der Waals surface area contributed by atoms with Gasteiger partial charge in [-0.1, -0.05) is 0 Å². The van der Waals surface area contributed by atoms with Gasteiger partial charge in [0.15, 0.2) is 0 Å². The Morgan fingerprint density at radius 1 is 1.56 bits per heavy atom. The van der Waals surface area contributed by atoms with Gasteiger partial charge in [-0.2, -0.15) is 0 Å². The third kappa shape index (κ3) is 1.73. The SMILES string of the molecule is OCc1cncc(Br)n1. The third-order valence-corrected chi connectivity index (χ3v) is 1.20. The predicted molar refractivity (Wildman–Crippen MR) is 35.7 cm³/mol. The van der Waals surface area contributed by atoms with E-state index in [4.69, 9.17) is 5.11 Å². The molecule has 0 amide bonds. The summed E-state index contributed by atoms with van der Waals surface area (Å²) in [5, 5.41) is 8.54. The molecule has 1 rings (SSSR count). The molecule has 0 fully saturated rings. The Kier molecular flexibility index (Phi) is 2.13. The molecular formula is C5H5BrN2O. The number of nitrogens with zero attached hydrogens (tertiary/aromatic N) is 2. The number of hydrogen-bond donors (Lipinski definition) is 1. The number of aromatic nitrogens is 2. The first-order chi connectivity index (χ1) is 4.33. The van der Waals surface area contributed by atoms with Gasteiger partial charge in [0.05, 0.1) is 24.7 Å². The van der Waals surface area contributed by atoms with E-state index in [0.717, 1.165) is 0 Å². The fourth-order valence-electron chi connectivity index (χ4n) is 0.456. The van der Waals surface area contributed by atoms with Gasteiger partial charge in [-0.15, -0.1) is 0 Å². The fourth-order valence-corrected chi connectivity index (χ4v) is 0.802. The molecule has 0 aromatic carbocycles. The number of aliphatic hydroxyl groups excluding tert-OH is 1. The zero-order valence-electron chi connectivity index (χ0n) is 4.58. The standard InChI is InChI=1S/C5H5BrN2O/c6-5-2-7-1-4(3-9)8-5/h1-2,9H,3H2. The molecule has 0 aliphatic rings. The summed E-state index contributed by atoms with van der Waals surface area (Å²) in [5.41, 5.74) is 0.573. The van der Waals surface area contributed by atoms with E-state index in [9.17, 15) is 0 Å². The average Bonchev–Trinajstić information content (AvgIpc) is 1.88. The van der Waals surface area contributed by atoms with Crippen molar-refractivity contribution in [2.24, 2.45) is 0 Å². The lowest BCUT2D eigenvalue weighted by atomic mass is 10.5. The van der Waals surface area contributed by atoms with E-state index in [2.05, 4.69) is 25.9 Å². The molecule has 0 aliphatic heterocycles. The van der Waals surface area contributed by atoms with Crippen molar-refractivity contribution in [3.8, 4) is 0 Å². The minimum absolute atomic E-state index is 0.0631. The zero-order valence-corrected chi connectivity index (χ0v) is 6.17. The predicted octanol–water partition coefficient (Wildman–Crippen LogP) is 0.731. The van der Waals surface area contributed by atoms with Crippen LogP contribution < -0.4 is 0 Å². The summed E-state index contributed by atoms with van der Waals surface area (Å²) >= 11 is 3.12. The zero-order chi connectivity index (χ0) is 6.69. The van der Waals surface area contributed by atoms with Crippen LogP contribution in [0.5, 0.6) is 0 Å². The Labute approximate surface area is 60.9 Å². The molecule has 1 heterocycles. The van der Waals surface area contributed by atoms with Crippen molar-refractivity contribution in [1.82, 2.24) is 9.97 Å². The van der Waals surface area contributed by atoms with E-state index in [1.807, 2.05) is 0 Å². The first-order valence-corrected chi connectivity index (χ1v) is 3.19. The summed E-state index contributed by atoms with van der Waals surface area (Å²) < 4.78 is 0.647. The highest BCUT2D eigenvalue weighted by Crippen LogP contribution is 2.02. The molecule has 0 unspecified atom stereocenters. The van der Waals surface area contributed by atoms with Gasteiger partial charge in [-0.05, 0) is 15.9 Å². The van der Waals surface area contributed by atoms with E-state index >= 15 is 0 Å². The van der Waals surface area contributed by atoms with Gasteiger partial charge in [0.25, 0.3) is 0 Å². The molecule has 0 atom stereocenters. The second-order valence-electron chi connectivity index (χ2n) is 1.49. The highest BCUT2D eigenvalue weighted by molar-refractivity contribution is 9.10. The molecule has 1 N–H and O–H groups in total. The number of hydrogen-bond acceptors (Lipinski definition) is 3. The second kappa shape index (κ2) is 2.89. The Morgan fingerprint density at radius 3 is 2.78 bits per heavy atom. The van der Waals surface area contributed by atoms with Crippen LogP contribution in [0.15, 0.2) is 17.0 Å². The van der Waals surface area contributed by atoms with Crippen LogP contribution in [0.2, 0.25) is 0 Å². The summed E-state index contributed by atoms with van der Waals surface area (Å²) in [6.45, 7) is -0.0631. The lowest BCUT2D eigenvalue weighted by molar-refractivity contribution is 0.276. The highest BCUT2D eigenvalue weighted by atomic mass is 79.9. The molecule has 0 aliphatic carbocycles. The topological polar surface area (TPSA) is 46.0 Å². The lowest BCUT2D eigenvalue weighted by Gasteiger charge is -1.91. The van der Waals surface area contributed by atoms with Crippen LogP contribution in [-0.4, -0.2) is 15.1 Å². The summed E-state index contributed by atoms with van der Waals surface area (Å²) in [4.78, 5) is 7.68. The van der Waals surface area contributed by atoms with Crippen molar-refractivity contribution in [2.45, 2.75) is 6.61 Å². The molecule has 3 nitrogen and oxygen atoms in total. The molecule has 0 saturated heterocycles. The Balaban J connectivity index is 2.94. The Bertz CT molecular complexity index is 204. The molecular weight excluding hydrogens is 184 g/mol. The minimum atomic E-state index is -0.0631. The summed E-state index contributed by atoms with van der Waals surface area (Å²) in [5.74, 6) is 0. The maximum absolute atomic E-state index is 8.54. The lowest BCUT2D eigenvalue weighted by Crippen LogP contribution is -1.89. The van der Waals surface area contributed by atoms with Crippen LogP contribution in [0.1, 0.15) is 5.69 Å². The highest BCUT2D eigenvalue weighted by Gasteiger charge is 1.91. The fraction of sp³-hybridized carbons (Fsp3) is 0.200. The molecule has 0 bridgehead atoms. The molecule has 48 valence electrons. The molecule has 0 saturated carbocycles. The van der Waals surface area contributed by atoms with E-state index < -0.39 is 0 Å². The third-order valence-electron chi connectivity index (χ3n) is 0.817. The van der Waals surface area contributed by atoms with Crippen molar-refractivity contribution in [2.75, 3.05) is 0 Å². The van der Waals surface area contributed by atoms with Gasteiger partial charge in [-0.25, -0.2) is 4.98 Å². The Morgan fingerprint density at radius 2 is 2.33 bits per heavy atom. The largest absolute Gasteiger partial charge is 0.390 e. The summed E-state index contributed by atoms with van der Waals surface area (Å²) in [6, 6.07) is 0. The monoisotopic (exact) mass is 188 g/mol. The van der Waals surface area contributed by atoms with Crippen molar-refractivity contribution in [1.29, 1.82) is 0 Å². The van der Waals surface area contributed by atoms with Crippen LogP contribution in [0.4, 0.5) is 0 Å². The molecule has 9 heavy (non-hydrogen) atoms. The maximum Gasteiger partial charge on any atom is 0.124 e. The second-order valence-corrected chi connectivity index (χ2v) is 2.30. The normalized spacial score (nSPS) is 9.56. The van der Waals surface area contributed by atoms with Gasteiger partial charge in [-0.3, -0.25) is 4.98 Å². The van der Waals surface area contributed by atoms with Crippen LogP contribution >= 0.6 is 15.9 Å². The van der Waals surface area contributed by atoms with E-state index in [1.165, 1.54) is 6.20 Å². The smallest absolute Gasteiger partial charge is 0.124 e. The van der Waals surface area contributed by atoms with Crippen LogP contribution in [0, 0.1) is 0 Å². The van der Waals surface area contributed by atoms with Gasteiger partial charge >= 0.3 is 0 Å². The quantitative estimate of drug-likeness (QED) is 0.708. The van der Waals surface area contributed by atoms with E-state index in [1.54, 1.807) is 6.20 Å². The van der Waals surface area contributed by atoms with E-state index in [0.29, 0.717) is 10.3 Å². The minimum Gasteiger partial charge on any atom is -0.390 e. The molecule has 1 aromatic heterocycles. The van der Waals surface area contributed by atoms with Crippen molar-refractivity contribution >= 4 is 15.9 Å².